The molecule has 1 heterocycles. The number of nitrogens with zero attached hydrogens (tertiary/aromatic N) is 1. The molecule has 2 rings (SSSR count). The lowest BCUT2D eigenvalue weighted by atomic mass is 9.95. The molecule has 19 heavy (non-hydrogen) atoms. The molecule has 1 saturated heterocycles. The van der Waals surface area contributed by atoms with Crippen LogP contribution < -0.4 is 5.32 Å². The third-order valence-corrected chi connectivity index (χ3v) is 6.24. The van der Waals surface area contributed by atoms with E-state index in [-0.39, 0.29) is 0 Å². The molecule has 2 fully saturated rings. The first kappa shape index (κ1) is 15.3. The van der Waals surface area contributed by atoms with E-state index < -0.39 is 9.84 Å². The SMILES string of the molecule is CC(CNC1CCCCC1)N1CCCS(=O)(=O)CC1. The second-order valence-corrected chi connectivity index (χ2v) is 8.44. The monoisotopic (exact) mass is 288 g/mol. The average molecular weight is 288 g/mol. The van der Waals surface area contributed by atoms with E-state index in [1.54, 1.807) is 0 Å². The van der Waals surface area contributed by atoms with Crippen molar-refractivity contribution in [2.75, 3.05) is 31.1 Å². The highest BCUT2D eigenvalue weighted by Gasteiger charge is 2.23. The van der Waals surface area contributed by atoms with E-state index >= 15 is 0 Å². The van der Waals surface area contributed by atoms with Crippen molar-refractivity contribution >= 4 is 9.84 Å². The maximum Gasteiger partial charge on any atom is 0.151 e. The van der Waals surface area contributed by atoms with Gasteiger partial charge < -0.3 is 5.32 Å². The molecule has 0 amide bonds. The standard InChI is InChI=1S/C14H28N2O2S/c1-13(12-15-14-6-3-2-4-7-14)16-8-5-10-19(17,18)11-9-16/h13-15H,2-12H2,1H3. The maximum absolute atomic E-state index is 11.6. The van der Waals surface area contributed by atoms with E-state index in [9.17, 15) is 8.42 Å². The van der Waals surface area contributed by atoms with E-state index in [0.717, 1.165) is 19.5 Å². The summed E-state index contributed by atoms with van der Waals surface area (Å²) in [4.78, 5) is 2.33. The van der Waals surface area contributed by atoms with Crippen LogP contribution in [0.4, 0.5) is 0 Å². The summed E-state index contributed by atoms with van der Waals surface area (Å²) in [6.07, 6.45) is 7.50. The zero-order chi connectivity index (χ0) is 13.7. The minimum absolute atomic E-state index is 0.334. The smallest absolute Gasteiger partial charge is 0.151 e. The molecule has 0 radical (unpaired) electrons. The molecule has 112 valence electrons. The molecule has 1 aliphatic carbocycles. The van der Waals surface area contributed by atoms with Crippen LogP contribution in [0.3, 0.4) is 0 Å². The number of rotatable bonds is 4. The minimum atomic E-state index is -2.78. The Morgan fingerprint density at radius 2 is 1.84 bits per heavy atom. The predicted octanol–water partition coefficient (Wildman–Crippen LogP) is 1.42. The summed E-state index contributed by atoms with van der Waals surface area (Å²) in [6, 6.07) is 1.13. The number of nitrogens with one attached hydrogen (secondary N) is 1. The summed E-state index contributed by atoms with van der Waals surface area (Å²) >= 11 is 0. The van der Waals surface area contributed by atoms with Gasteiger partial charge in [-0.05, 0) is 32.7 Å². The van der Waals surface area contributed by atoms with Crippen LogP contribution in [0.1, 0.15) is 45.4 Å². The van der Waals surface area contributed by atoms with Crippen LogP contribution in [0.15, 0.2) is 0 Å². The lowest BCUT2D eigenvalue weighted by Crippen LogP contribution is -2.45. The highest BCUT2D eigenvalue weighted by molar-refractivity contribution is 7.91. The Labute approximate surface area is 117 Å². The van der Waals surface area contributed by atoms with Crippen LogP contribution in [-0.2, 0) is 9.84 Å². The molecule has 0 bridgehead atoms. The maximum atomic E-state index is 11.6. The molecule has 1 saturated carbocycles. The summed E-state index contributed by atoms with van der Waals surface area (Å²) in [7, 11) is -2.78. The average Bonchev–Trinajstić information content (AvgIpc) is 2.58. The van der Waals surface area contributed by atoms with Crippen LogP contribution in [0.25, 0.3) is 0 Å². The zero-order valence-corrected chi connectivity index (χ0v) is 12.9. The number of hydrogen-bond acceptors (Lipinski definition) is 4. The van der Waals surface area contributed by atoms with Gasteiger partial charge in [-0.15, -0.1) is 0 Å². The molecule has 0 spiro atoms. The van der Waals surface area contributed by atoms with Gasteiger partial charge in [-0.3, -0.25) is 4.90 Å². The summed E-state index contributed by atoms with van der Waals surface area (Å²) in [6.45, 7) is 4.83. The first-order chi connectivity index (χ1) is 9.07. The molecule has 5 heteroatoms. The molecule has 4 nitrogen and oxygen atoms in total. The van der Waals surface area contributed by atoms with Crippen LogP contribution in [0, 0.1) is 0 Å². The molecule has 1 unspecified atom stereocenters. The fraction of sp³-hybridized carbons (Fsp3) is 1.00. The van der Waals surface area contributed by atoms with Crippen LogP contribution in [0.2, 0.25) is 0 Å². The molecular formula is C14H28N2O2S. The van der Waals surface area contributed by atoms with Gasteiger partial charge in [0.2, 0.25) is 0 Å². The van der Waals surface area contributed by atoms with E-state index in [1.165, 1.54) is 32.1 Å². The third kappa shape index (κ3) is 5.04. The van der Waals surface area contributed by atoms with Crippen molar-refractivity contribution < 1.29 is 8.42 Å². The minimum Gasteiger partial charge on any atom is -0.312 e. The van der Waals surface area contributed by atoms with Crippen LogP contribution in [-0.4, -0.2) is 56.5 Å². The van der Waals surface area contributed by atoms with Crippen molar-refractivity contribution in [2.24, 2.45) is 0 Å². The quantitative estimate of drug-likeness (QED) is 0.850. The lowest BCUT2D eigenvalue weighted by Gasteiger charge is -2.30. The second-order valence-electron chi connectivity index (χ2n) is 6.13. The number of sulfone groups is 1. The number of hydrogen-bond donors (Lipinski definition) is 1. The van der Waals surface area contributed by atoms with Crippen molar-refractivity contribution in [2.45, 2.75) is 57.5 Å². The van der Waals surface area contributed by atoms with Gasteiger partial charge in [0.15, 0.2) is 9.84 Å². The Hall–Kier alpha value is -0.130. The molecule has 0 aromatic rings. The highest BCUT2D eigenvalue weighted by atomic mass is 32.2. The lowest BCUT2D eigenvalue weighted by molar-refractivity contribution is 0.210. The van der Waals surface area contributed by atoms with Crippen molar-refractivity contribution in [1.29, 1.82) is 0 Å². The van der Waals surface area contributed by atoms with Gasteiger partial charge in [0, 0.05) is 25.2 Å². The molecule has 0 aromatic heterocycles. The zero-order valence-electron chi connectivity index (χ0n) is 12.1. The van der Waals surface area contributed by atoms with Crippen molar-refractivity contribution in [3.05, 3.63) is 0 Å². The molecule has 2 aliphatic rings. The van der Waals surface area contributed by atoms with Crippen LogP contribution in [0.5, 0.6) is 0 Å². The first-order valence-electron chi connectivity index (χ1n) is 7.75. The van der Waals surface area contributed by atoms with Gasteiger partial charge in [-0.1, -0.05) is 19.3 Å². The van der Waals surface area contributed by atoms with E-state index in [2.05, 4.69) is 17.1 Å². The first-order valence-corrected chi connectivity index (χ1v) is 9.57. The Bertz CT molecular complexity index is 364. The Kier molecular flexibility index (Phi) is 5.66. The molecule has 1 N–H and O–H groups in total. The van der Waals surface area contributed by atoms with Gasteiger partial charge in [0.05, 0.1) is 11.5 Å². The fourth-order valence-corrected chi connectivity index (χ4v) is 4.46. The molecule has 1 aliphatic heterocycles. The molecule has 1 atom stereocenters. The van der Waals surface area contributed by atoms with E-state index in [4.69, 9.17) is 0 Å². The predicted molar refractivity (Wildman–Crippen MR) is 79.2 cm³/mol. The van der Waals surface area contributed by atoms with Gasteiger partial charge >= 0.3 is 0 Å². The second kappa shape index (κ2) is 7.04. The van der Waals surface area contributed by atoms with E-state index in [0.29, 0.717) is 30.1 Å². The summed E-state index contributed by atoms with van der Waals surface area (Å²) in [5.74, 6) is 0.701. The normalized spacial score (nSPS) is 27.8. The summed E-state index contributed by atoms with van der Waals surface area (Å²) in [5, 5.41) is 3.67. The van der Waals surface area contributed by atoms with Crippen LogP contribution >= 0.6 is 0 Å². The van der Waals surface area contributed by atoms with Gasteiger partial charge in [-0.25, -0.2) is 8.42 Å². The topological polar surface area (TPSA) is 49.4 Å². The van der Waals surface area contributed by atoms with E-state index in [1.807, 2.05) is 0 Å². The largest absolute Gasteiger partial charge is 0.312 e. The van der Waals surface area contributed by atoms with Crippen molar-refractivity contribution in [1.82, 2.24) is 10.2 Å². The Morgan fingerprint density at radius 1 is 1.11 bits per heavy atom. The Balaban J connectivity index is 1.74. The van der Waals surface area contributed by atoms with Gasteiger partial charge in [-0.2, -0.15) is 0 Å². The molecule has 0 aromatic carbocycles. The third-order valence-electron chi connectivity index (χ3n) is 4.52. The van der Waals surface area contributed by atoms with Gasteiger partial charge in [0.1, 0.15) is 0 Å². The summed E-state index contributed by atoms with van der Waals surface area (Å²) < 4.78 is 23.2. The Morgan fingerprint density at radius 3 is 2.58 bits per heavy atom. The van der Waals surface area contributed by atoms with Gasteiger partial charge in [0.25, 0.3) is 0 Å². The highest BCUT2D eigenvalue weighted by Crippen LogP contribution is 2.17. The summed E-state index contributed by atoms with van der Waals surface area (Å²) in [5.41, 5.74) is 0. The van der Waals surface area contributed by atoms with Crippen molar-refractivity contribution in [3.63, 3.8) is 0 Å². The van der Waals surface area contributed by atoms with Crippen molar-refractivity contribution in [3.8, 4) is 0 Å². The molecular weight excluding hydrogens is 260 g/mol. The fourth-order valence-electron chi connectivity index (χ4n) is 3.17.